The number of rotatable bonds is 7. The molecule has 1 aromatic heterocycles. The van der Waals surface area contributed by atoms with E-state index in [1.165, 1.54) is 49.5 Å². The summed E-state index contributed by atoms with van der Waals surface area (Å²) in [6, 6.07) is 9.90. The van der Waals surface area contributed by atoms with Crippen molar-refractivity contribution in [2.75, 3.05) is 5.32 Å². The molecular formula is C22H18F3N5O. The molecule has 6 nitrogen and oxygen atoms in total. The van der Waals surface area contributed by atoms with Gasteiger partial charge in [0, 0.05) is 28.6 Å². The smallest absolute Gasteiger partial charge is 0.247 e. The Bertz CT molecular complexity index is 1170. The molecule has 0 spiro atoms. The van der Waals surface area contributed by atoms with Crippen LogP contribution in [0.15, 0.2) is 65.6 Å². The zero-order chi connectivity index (χ0) is 22.4. The Kier molecular flexibility index (Phi) is 6.88. The third kappa shape index (κ3) is 5.01. The first-order valence-corrected chi connectivity index (χ1v) is 9.09. The molecule has 0 aliphatic rings. The number of aliphatic imine (C=N–C) groups is 1. The van der Waals surface area contributed by atoms with Crippen LogP contribution in [-0.4, -0.2) is 27.0 Å². The van der Waals surface area contributed by atoms with Gasteiger partial charge in [0.2, 0.25) is 5.95 Å². The van der Waals surface area contributed by atoms with Crippen LogP contribution < -0.4 is 5.32 Å². The summed E-state index contributed by atoms with van der Waals surface area (Å²) in [5.41, 5.74) is 0.535. The van der Waals surface area contributed by atoms with Crippen molar-refractivity contribution in [1.82, 2.24) is 15.2 Å². The molecule has 2 N–H and O–H groups in total. The summed E-state index contributed by atoms with van der Waals surface area (Å²) >= 11 is 0. The maximum absolute atomic E-state index is 14.5. The second-order valence-electron chi connectivity index (χ2n) is 6.35. The number of aliphatic hydroxyl groups is 1. The van der Waals surface area contributed by atoms with Gasteiger partial charge in [0.1, 0.15) is 28.8 Å². The number of aromatic nitrogens is 3. The number of hydrogen-bond donors (Lipinski definition) is 2. The summed E-state index contributed by atoms with van der Waals surface area (Å²) in [5.74, 6) is -1.86. The largest absolute Gasteiger partial charge is 0.392 e. The Labute approximate surface area is 176 Å². The van der Waals surface area contributed by atoms with Gasteiger partial charge in [-0.05, 0) is 44.0 Å². The lowest BCUT2D eigenvalue weighted by Crippen LogP contribution is -2.06. The van der Waals surface area contributed by atoms with E-state index in [4.69, 9.17) is 5.11 Å². The molecule has 0 aliphatic heterocycles. The summed E-state index contributed by atoms with van der Waals surface area (Å²) in [6.45, 7) is 4.08. The number of halogens is 3. The molecule has 3 aromatic rings. The number of benzene rings is 2. The van der Waals surface area contributed by atoms with Crippen LogP contribution >= 0.6 is 0 Å². The lowest BCUT2D eigenvalue weighted by molar-refractivity contribution is 0.276. The molecule has 9 heteroatoms. The van der Waals surface area contributed by atoms with Gasteiger partial charge in [-0.15, -0.1) is 10.2 Å². The van der Waals surface area contributed by atoms with E-state index in [1.807, 2.05) is 0 Å². The lowest BCUT2D eigenvalue weighted by Gasteiger charge is -2.12. The molecule has 0 aliphatic carbocycles. The quantitative estimate of drug-likeness (QED) is 0.413. The summed E-state index contributed by atoms with van der Waals surface area (Å²) in [6.07, 6.45) is 2.59. The van der Waals surface area contributed by atoms with E-state index in [1.54, 1.807) is 6.07 Å². The third-order valence-electron chi connectivity index (χ3n) is 4.27. The van der Waals surface area contributed by atoms with Crippen LogP contribution in [-0.2, 0) is 6.61 Å². The topological polar surface area (TPSA) is 83.3 Å². The Morgan fingerprint density at radius 1 is 1.16 bits per heavy atom. The zero-order valence-corrected chi connectivity index (χ0v) is 16.5. The minimum atomic E-state index is -0.619. The highest BCUT2D eigenvalue weighted by atomic mass is 19.1. The molecule has 0 unspecified atom stereocenters. The van der Waals surface area contributed by atoms with E-state index in [0.717, 1.165) is 6.07 Å². The van der Waals surface area contributed by atoms with Gasteiger partial charge < -0.3 is 10.4 Å². The summed E-state index contributed by atoms with van der Waals surface area (Å²) in [7, 11) is 0. The maximum atomic E-state index is 14.5. The Balaban J connectivity index is 2.13. The third-order valence-corrected chi connectivity index (χ3v) is 4.27. The van der Waals surface area contributed by atoms with Gasteiger partial charge in [0.25, 0.3) is 0 Å². The normalized spacial score (nSPS) is 12.0. The van der Waals surface area contributed by atoms with Gasteiger partial charge in [-0.2, -0.15) is 0 Å². The standard InChI is InChI=1S/C22H18F3N5O/c1-13(23)16(9-10-26-2)21-20(17-5-3-4-6-18(17)24)28-22(30-29-21)27-15-8-7-14(12-31)19(25)11-15/h3-11,31H,2,12H2,1H3,(H,27,28,30)/b10-9-,16-13-. The minimum absolute atomic E-state index is 0.00245. The minimum Gasteiger partial charge on any atom is -0.392 e. The van der Waals surface area contributed by atoms with Gasteiger partial charge in [-0.3, -0.25) is 4.99 Å². The second kappa shape index (κ2) is 9.77. The molecule has 3 rings (SSSR count). The van der Waals surface area contributed by atoms with Crippen LogP contribution in [0.2, 0.25) is 0 Å². The predicted molar refractivity (Wildman–Crippen MR) is 113 cm³/mol. The SMILES string of the molecule is C=N/C=C\C(=C(/C)F)c1nnc(Nc2ccc(CO)c(F)c2)nc1-c1ccccc1F. The number of anilines is 2. The summed E-state index contributed by atoms with van der Waals surface area (Å²) in [4.78, 5) is 7.86. The van der Waals surface area contributed by atoms with Crippen molar-refractivity contribution in [3.63, 3.8) is 0 Å². The number of allylic oxidation sites excluding steroid dienone is 3. The Morgan fingerprint density at radius 3 is 2.58 bits per heavy atom. The summed E-state index contributed by atoms with van der Waals surface area (Å²) in [5, 5.41) is 19.8. The fraction of sp³-hybridized carbons (Fsp3) is 0.0909. The number of hydrogen-bond acceptors (Lipinski definition) is 6. The average Bonchev–Trinajstić information content (AvgIpc) is 2.75. The van der Waals surface area contributed by atoms with Crippen LogP contribution in [0.5, 0.6) is 0 Å². The molecule has 2 aromatic carbocycles. The molecule has 0 saturated heterocycles. The van der Waals surface area contributed by atoms with Gasteiger partial charge in [-0.1, -0.05) is 18.2 Å². The van der Waals surface area contributed by atoms with Crippen LogP contribution in [0.4, 0.5) is 24.8 Å². The van der Waals surface area contributed by atoms with Crippen LogP contribution in [0.3, 0.4) is 0 Å². The van der Waals surface area contributed by atoms with E-state index in [0.29, 0.717) is 0 Å². The molecule has 0 fully saturated rings. The first-order valence-electron chi connectivity index (χ1n) is 9.09. The first-order chi connectivity index (χ1) is 14.9. The average molecular weight is 425 g/mol. The van der Waals surface area contributed by atoms with E-state index < -0.39 is 24.1 Å². The monoisotopic (exact) mass is 425 g/mol. The molecule has 0 radical (unpaired) electrons. The zero-order valence-electron chi connectivity index (χ0n) is 16.5. The van der Waals surface area contributed by atoms with Crippen LogP contribution in [0, 0.1) is 11.6 Å². The van der Waals surface area contributed by atoms with Gasteiger partial charge >= 0.3 is 0 Å². The van der Waals surface area contributed by atoms with E-state index in [-0.39, 0.29) is 39.7 Å². The molecular weight excluding hydrogens is 407 g/mol. The Hall–Kier alpha value is -3.85. The van der Waals surface area contributed by atoms with E-state index >= 15 is 0 Å². The molecule has 0 saturated carbocycles. The van der Waals surface area contributed by atoms with Crippen LogP contribution in [0.25, 0.3) is 16.8 Å². The van der Waals surface area contributed by atoms with Crippen molar-refractivity contribution in [2.45, 2.75) is 13.5 Å². The van der Waals surface area contributed by atoms with Crippen LogP contribution in [0.1, 0.15) is 18.2 Å². The maximum Gasteiger partial charge on any atom is 0.247 e. The van der Waals surface area contributed by atoms with E-state index in [9.17, 15) is 13.2 Å². The van der Waals surface area contributed by atoms with Crippen molar-refractivity contribution in [3.05, 3.63) is 83.5 Å². The number of aliphatic hydroxyl groups excluding tert-OH is 1. The highest BCUT2D eigenvalue weighted by molar-refractivity contribution is 5.82. The molecule has 1 heterocycles. The fourth-order valence-corrected chi connectivity index (χ4v) is 2.77. The second-order valence-corrected chi connectivity index (χ2v) is 6.35. The fourth-order valence-electron chi connectivity index (χ4n) is 2.77. The Morgan fingerprint density at radius 2 is 1.94 bits per heavy atom. The molecule has 0 bridgehead atoms. The first kappa shape index (κ1) is 21.8. The highest BCUT2D eigenvalue weighted by Crippen LogP contribution is 2.31. The molecule has 0 atom stereocenters. The van der Waals surface area contributed by atoms with Gasteiger partial charge in [-0.25, -0.2) is 18.2 Å². The number of nitrogens with zero attached hydrogens (tertiary/aromatic N) is 4. The number of nitrogens with one attached hydrogen (secondary N) is 1. The van der Waals surface area contributed by atoms with Crippen molar-refractivity contribution in [2.24, 2.45) is 4.99 Å². The van der Waals surface area contributed by atoms with Crippen molar-refractivity contribution in [1.29, 1.82) is 0 Å². The van der Waals surface area contributed by atoms with E-state index in [2.05, 4.69) is 32.2 Å². The molecule has 31 heavy (non-hydrogen) atoms. The van der Waals surface area contributed by atoms with Crippen molar-refractivity contribution in [3.8, 4) is 11.3 Å². The lowest BCUT2D eigenvalue weighted by atomic mass is 10.0. The molecule has 158 valence electrons. The van der Waals surface area contributed by atoms with Crippen molar-refractivity contribution < 1.29 is 18.3 Å². The van der Waals surface area contributed by atoms with Gasteiger partial charge in [0.15, 0.2) is 0 Å². The highest BCUT2D eigenvalue weighted by Gasteiger charge is 2.19. The predicted octanol–water partition coefficient (Wildman–Crippen LogP) is 4.97. The molecule has 0 amide bonds. The summed E-state index contributed by atoms with van der Waals surface area (Å²) < 4.78 is 42.7. The van der Waals surface area contributed by atoms with Crippen molar-refractivity contribution >= 4 is 23.9 Å². The van der Waals surface area contributed by atoms with Gasteiger partial charge in [0.05, 0.1) is 6.61 Å².